The maximum Gasteiger partial charge on any atom is 0.260 e. The van der Waals surface area contributed by atoms with E-state index in [1.54, 1.807) is 59.9 Å². The number of nitrogens with one attached hydrogen (secondary N) is 1. The van der Waals surface area contributed by atoms with Gasteiger partial charge in [-0.25, -0.2) is 4.99 Å². The molecule has 0 bridgehead atoms. The van der Waals surface area contributed by atoms with Crippen molar-refractivity contribution in [3.05, 3.63) is 69.1 Å². The lowest BCUT2D eigenvalue weighted by atomic mass is 9.72. The predicted octanol–water partition coefficient (Wildman–Crippen LogP) is 6.80. The third kappa shape index (κ3) is 7.58. The lowest BCUT2D eigenvalue weighted by Crippen LogP contribution is -2.43. The zero-order chi connectivity index (χ0) is 30.6. The highest BCUT2D eigenvalue weighted by atomic mass is 35.5. The van der Waals surface area contributed by atoms with Gasteiger partial charge in [-0.3, -0.25) is 9.59 Å². The molecule has 1 atom stereocenters. The minimum Gasteiger partial charge on any atom is -0.493 e. The first-order valence-electron chi connectivity index (χ1n) is 14.5. The van der Waals surface area contributed by atoms with Crippen LogP contribution in [0.5, 0.6) is 11.5 Å². The summed E-state index contributed by atoms with van der Waals surface area (Å²) >= 11 is 7.64. The zero-order valence-electron chi connectivity index (χ0n) is 25.1. The normalized spacial score (nSPS) is 17.0. The van der Waals surface area contributed by atoms with Crippen molar-refractivity contribution >= 4 is 51.7 Å². The van der Waals surface area contributed by atoms with Crippen LogP contribution in [0.25, 0.3) is 0 Å². The molecule has 3 aromatic rings. The lowest BCUT2D eigenvalue weighted by Gasteiger charge is -2.33. The van der Waals surface area contributed by atoms with Gasteiger partial charge in [-0.1, -0.05) is 32.4 Å². The van der Waals surface area contributed by atoms with Gasteiger partial charge >= 0.3 is 0 Å². The first-order valence-corrected chi connectivity index (χ1v) is 15.7. The number of morpholine rings is 1. The molecule has 2 amide bonds. The van der Waals surface area contributed by atoms with E-state index < -0.39 is 0 Å². The third-order valence-electron chi connectivity index (χ3n) is 8.03. The highest BCUT2D eigenvalue weighted by molar-refractivity contribution is 7.16. The number of ether oxygens (including phenoxy) is 3. The van der Waals surface area contributed by atoms with Crippen molar-refractivity contribution in [1.82, 2.24) is 4.90 Å². The second-order valence-corrected chi connectivity index (χ2v) is 13.4. The van der Waals surface area contributed by atoms with Gasteiger partial charge < -0.3 is 24.4 Å². The van der Waals surface area contributed by atoms with Crippen molar-refractivity contribution in [2.45, 2.75) is 40.0 Å². The molecule has 2 heterocycles. The molecule has 1 fully saturated rings. The predicted molar refractivity (Wildman–Crippen MR) is 172 cm³/mol. The summed E-state index contributed by atoms with van der Waals surface area (Å²) in [5.74, 6) is 1.25. The molecule has 10 heteroatoms. The van der Waals surface area contributed by atoms with Crippen LogP contribution in [-0.2, 0) is 22.4 Å². The van der Waals surface area contributed by atoms with Gasteiger partial charge in [-0.2, -0.15) is 0 Å². The number of rotatable bonds is 8. The van der Waals surface area contributed by atoms with Crippen molar-refractivity contribution in [2.24, 2.45) is 16.3 Å². The molecule has 0 unspecified atom stereocenters. The van der Waals surface area contributed by atoms with E-state index in [0.717, 1.165) is 30.4 Å². The molecule has 228 valence electrons. The monoisotopic (exact) mass is 623 g/mol. The van der Waals surface area contributed by atoms with Gasteiger partial charge in [0.2, 0.25) is 0 Å². The Morgan fingerprint density at radius 2 is 1.88 bits per heavy atom. The topological polar surface area (TPSA) is 89.5 Å². The maximum absolute atomic E-state index is 13.6. The number of carbonyl (C=O) groups is 2. The van der Waals surface area contributed by atoms with E-state index in [4.69, 9.17) is 30.8 Å². The second kappa shape index (κ2) is 13.5. The highest BCUT2D eigenvalue weighted by Gasteiger charge is 2.33. The molecule has 1 N–H and O–H groups in total. The van der Waals surface area contributed by atoms with E-state index in [-0.39, 0.29) is 23.8 Å². The Hall–Kier alpha value is -3.40. The summed E-state index contributed by atoms with van der Waals surface area (Å²) in [7, 11) is 1.56. The Labute approximate surface area is 262 Å². The minimum absolute atomic E-state index is 0.0772. The molecule has 2 aliphatic rings. The summed E-state index contributed by atoms with van der Waals surface area (Å²) < 4.78 is 16.7. The largest absolute Gasteiger partial charge is 0.493 e. The van der Waals surface area contributed by atoms with Crippen LogP contribution in [0.2, 0.25) is 5.02 Å². The summed E-state index contributed by atoms with van der Waals surface area (Å²) in [5.41, 5.74) is 3.37. The summed E-state index contributed by atoms with van der Waals surface area (Å²) in [5, 5.41) is 4.33. The molecule has 43 heavy (non-hydrogen) atoms. The number of thiophene rings is 1. The standard InChI is InChI=1S/C33H38ClN3O5S/c1-33(2,3)22-6-11-25-28(18-22)43-32(30(25)31(39)36-24-9-7-23(34)8-10-24)35-19-21-5-12-26(27(17-21)40-4)42-20-29(38)37-13-15-41-16-14-37/h5,7-10,12,17,19,22H,6,11,13-16,18,20H2,1-4H3,(H,36,39)/t22-/m1/s1. The van der Waals surface area contributed by atoms with Crippen LogP contribution in [0.3, 0.4) is 0 Å². The molecule has 0 spiro atoms. The molecule has 8 nitrogen and oxygen atoms in total. The molecule has 1 aliphatic heterocycles. The summed E-state index contributed by atoms with van der Waals surface area (Å²) in [4.78, 5) is 34.0. The maximum atomic E-state index is 13.6. The van der Waals surface area contributed by atoms with E-state index in [1.165, 1.54) is 4.88 Å². The van der Waals surface area contributed by atoms with Gasteiger partial charge in [0.15, 0.2) is 18.1 Å². The number of nitrogens with zero attached hydrogens (tertiary/aromatic N) is 2. The molecule has 2 aromatic carbocycles. The van der Waals surface area contributed by atoms with E-state index in [9.17, 15) is 9.59 Å². The van der Waals surface area contributed by atoms with Gasteiger partial charge in [0.25, 0.3) is 11.8 Å². The van der Waals surface area contributed by atoms with Crippen LogP contribution in [0.15, 0.2) is 47.5 Å². The van der Waals surface area contributed by atoms with Crippen LogP contribution in [0.4, 0.5) is 10.7 Å². The Morgan fingerprint density at radius 3 is 2.58 bits per heavy atom. The van der Waals surface area contributed by atoms with Crippen molar-refractivity contribution in [3.8, 4) is 11.5 Å². The molecule has 0 radical (unpaired) electrons. The van der Waals surface area contributed by atoms with E-state index in [2.05, 4.69) is 26.1 Å². The molecule has 1 saturated heterocycles. The number of anilines is 1. The number of hydrogen-bond acceptors (Lipinski definition) is 7. The zero-order valence-corrected chi connectivity index (χ0v) is 26.6. The van der Waals surface area contributed by atoms with Crippen molar-refractivity contribution in [2.75, 3.05) is 45.3 Å². The van der Waals surface area contributed by atoms with Crippen LogP contribution >= 0.6 is 22.9 Å². The average molecular weight is 624 g/mol. The second-order valence-electron chi connectivity index (χ2n) is 11.9. The quantitative estimate of drug-likeness (QED) is 0.279. The number of fused-ring (bicyclic) bond motifs is 1. The first kappa shape index (κ1) is 31.0. The number of halogens is 1. The van der Waals surface area contributed by atoms with Crippen LogP contribution in [-0.4, -0.2) is 62.9 Å². The Kier molecular flexibility index (Phi) is 9.74. The number of benzene rings is 2. The molecular weight excluding hydrogens is 586 g/mol. The smallest absolute Gasteiger partial charge is 0.260 e. The van der Waals surface area contributed by atoms with E-state index in [1.807, 2.05) is 12.1 Å². The molecule has 1 aliphatic carbocycles. The van der Waals surface area contributed by atoms with Gasteiger partial charge in [-0.05, 0) is 84.2 Å². The lowest BCUT2D eigenvalue weighted by molar-refractivity contribution is -0.137. The Balaban J connectivity index is 1.37. The number of amides is 2. The Bertz CT molecular complexity index is 1490. The minimum atomic E-state index is -0.174. The third-order valence-corrected chi connectivity index (χ3v) is 9.45. The summed E-state index contributed by atoms with van der Waals surface area (Å²) in [6.07, 6.45) is 4.55. The molecule has 1 aromatic heterocycles. The summed E-state index contributed by atoms with van der Waals surface area (Å²) in [6, 6.07) is 12.5. The molecule has 0 saturated carbocycles. The van der Waals surface area contributed by atoms with E-state index in [0.29, 0.717) is 65.0 Å². The van der Waals surface area contributed by atoms with Gasteiger partial charge in [0, 0.05) is 34.9 Å². The number of aliphatic imine (C=N–C) groups is 1. The van der Waals surface area contributed by atoms with Crippen LogP contribution < -0.4 is 14.8 Å². The van der Waals surface area contributed by atoms with Crippen molar-refractivity contribution < 1.29 is 23.8 Å². The van der Waals surface area contributed by atoms with E-state index >= 15 is 0 Å². The van der Waals surface area contributed by atoms with Crippen molar-refractivity contribution in [3.63, 3.8) is 0 Å². The Morgan fingerprint density at radius 1 is 1.14 bits per heavy atom. The molecular formula is C33H38ClN3O5S. The number of methoxy groups -OCH3 is 1. The molecule has 5 rings (SSSR count). The fourth-order valence-electron chi connectivity index (χ4n) is 5.42. The number of hydrogen-bond donors (Lipinski definition) is 1. The number of carbonyl (C=O) groups excluding carboxylic acids is 2. The van der Waals surface area contributed by atoms with Gasteiger partial charge in [0.05, 0.1) is 25.9 Å². The van der Waals surface area contributed by atoms with Crippen molar-refractivity contribution in [1.29, 1.82) is 0 Å². The SMILES string of the molecule is COc1cc(C=Nc2sc3c(c2C(=O)Nc2ccc(Cl)cc2)CC[C@@H](C(C)(C)C)C3)ccc1OCC(=O)N1CCOCC1. The van der Waals surface area contributed by atoms with Gasteiger partial charge in [-0.15, -0.1) is 11.3 Å². The van der Waals surface area contributed by atoms with Crippen LogP contribution in [0, 0.1) is 11.3 Å². The average Bonchev–Trinajstić information content (AvgIpc) is 3.38. The van der Waals surface area contributed by atoms with Crippen LogP contribution in [0.1, 0.15) is 53.6 Å². The fourth-order valence-corrected chi connectivity index (χ4v) is 6.82. The highest BCUT2D eigenvalue weighted by Crippen LogP contribution is 2.45. The van der Waals surface area contributed by atoms with Gasteiger partial charge in [0.1, 0.15) is 5.00 Å². The fraction of sp³-hybridized carbons (Fsp3) is 0.424. The summed E-state index contributed by atoms with van der Waals surface area (Å²) in [6.45, 7) is 8.98. The first-order chi connectivity index (χ1) is 20.6.